The molecule has 1 aliphatic rings. The van der Waals surface area contributed by atoms with Crippen molar-refractivity contribution in [1.29, 1.82) is 0 Å². The maximum atomic E-state index is 8.75. The molecule has 0 aromatic rings. The summed E-state index contributed by atoms with van der Waals surface area (Å²) in [5.41, 5.74) is 0. The minimum absolute atomic E-state index is 0.301. The van der Waals surface area contributed by atoms with Crippen molar-refractivity contribution in [2.24, 2.45) is 0 Å². The van der Waals surface area contributed by atoms with Gasteiger partial charge in [-0.1, -0.05) is 0 Å². The van der Waals surface area contributed by atoms with Crippen LogP contribution in [-0.2, 0) is 0 Å². The topological polar surface area (TPSA) is 23.5 Å². The Morgan fingerprint density at radius 3 is 2.57 bits per heavy atom. The minimum atomic E-state index is -0.301. The largest absolute Gasteiger partial charge is 0.370 e. The summed E-state index contributed by atoms with van der Waals surface area (Å²) in [6, 6.07) is 0. The van der Waals surface area contributed by atoms with Gasteiger partial charge in [0.1, 0.15) is 6.23 Å². The molecule has 0 aliphatic carbocycles. The van der Waals surface area contributed by atoms with E-state index in [2.05, 4.69) is 0 Å². The first-order chi connectivity index (χ1) is 3.34. The van der Waals surface area contributed by atoms with Gasteiger partial charge in [0.05, 0.1) is 0 Å². The van der Waals surface area contributed by atoms with Gasteiger partial charge in [0.15, 0.2) is 0 Å². The summed E-state index contributed by atoms with van der Waals surface area (Å²) < 4.78 is 0. The van der Waals surface area contributed by atoms with Crippen molar-refractivity contribution in [2.45, 2.75) is 13.2 Å². The van der Waals surface area contributed by atoms with Crippen molar-refractivity contribution < 1.29 is 5.11 Å². The Hall–Kier alpha value is -0.500. The molecule has 1 N–H and O–H groups in total. The second-order valence-corrected chi connectivity index (χ2v) is 1.59. The average Bonchev–Trinajstić information content (AvgIpc) is 1.65. The minimum Gasteiger partial charge on any atom is -0.370 e. The van der Waals surface area contributed by atoms with E-state index in [9.17, 15) is 0 Å². The number of hydrogen-bond acceptors (Lipinski definition) is 2. The lowest BCUT2D eigenvalue weighted by molar-refractivity contribution is 0.0549. The summed E-state index contributed by atoms with van der Waals surface area (Å²) in [7, 11) is 0. The summed E-state index contributed by atoms with van der Waals surface area (Å²) in [6.45, 7) is 2.91. The molecule has 0 radical (unpaired) electrons. The van der Waals surface area contributed by atoms with E-state index in [4.69, 9.17) is 5.11 Å². The van der Waals surface area contributed by atoms with Gasteiger partial charge in [-0.2, -0.15) is 0 Å². The number of hydrogen-bond donors (Lipinski definition) is 1. The lowest BCUT2D eigenvalue weighted by atomic mass is 10.3. The molecular weight excluding hydrogens is 90.1 g/mol. The van der Waals surface area contributed by atoms with Crippen molar-refractivity contribution in [2.75, 3.05) is 6.54 Å². The fourth-order valence-corrected chi connectivity index (χ4v) is 0.577. The molecule has 0 bridgehead atoms. The van der Waals surface area contributed by atoms with Crippen molar-refractivity contribution in [1.82, 2.24) is 4.90 Å². The molecule has 0 fully saturated rings. The van der Waals surface area contributed by atoms with Crippen molar-refractivity contribution in [3.63, 3.8) is 0 Å². The van der Waals surface area contributed by atoms with E-state index in [1.165, 1.54) is 0 Å². The zero-order valence-corrected chi connectivity index (χ0v) is 4.33. The van der Waals surface area contributed by atoms with Crippen molar-refractivity contribution in [3.05, 3.63) is 12.3 Å². The SMILES string of the molecule is CCN1C=CC1O. The number of aliphatic hydroxyl groups is 1. The third-order valence-electron chi connectivity index (χ3n) is 1.15. The Bertz CT molecular complexity index is 90.1. The van der Waals surface area contributed by atoms with Gasteiger partial charge in [-0.25, -0.2) is 0 Å². The van der Waals surface area contributed by atoms with Crippen LogP contribution in [0.4, 0.5) is 0 Å². The van der Waals surface area contributed by atoms with Crippen LogP contribution in [0.5, 0.6) is 0 Å². The molecule has 1 unspecified atom stereocenters. The summed E-state index contributed by atoms with van der Waals surface area (Å²) in [6.07, 6.45) is 3.33. The monoisotopic (exact) mass is 99.1 g/mol. The summed E-state index contributed by atoms with van der Waals surface area (Å²) in [5, 5.41) is 8.75. The first-order valence-electron chi connectivity index (χ1n) is 2.46. The van der Waals surface area contributed by atoms with Gasteiger partial charge < -0.3 is 10.0 Å². The van der Waals surface area contributed by atoms with Crippen LogP contribution in [0, 0.1) is 0 Å². The number of aliphatic hydroxyl groups excluding tert-OH is 1. The molecule has 1 heterocycles. The second kappa shape index (κ2) is 1.54. The Kier molecular flexibility index (Phi) is 1.02. The van der Waals surface area contributed by atoms with Crippen LogP contribution < -0.4 is 0 Å². The average molecular weight is 99.1 g/mol. The summed E-state index contributed by atoms with van der Waals surface area (Å²) >= 11 is 0. The second-order valence-electron chi connectivity index (χ2n) is 1.59. The van der Waals surface area contributed by atoms with Crippen molar-refractivity contribution >= 4 is 0 Å². The standard InChI is InChI=1S/C5H9NO/c1-2-6-4-3-5(6)7/h3-5,7H,2H2,1H3. The summed E-state index contributed by atoms with van der Waals surface area (Å²) in [4.78, 5) is 1.85. The molecule has 1 aliphatic heterocycles. The maximum absolute atomic E-state index is 8.75. The van der Waals surface area contributed by atoms with Crippen LogP contribution in [0.1, 0.15) is 6.92 Å². The highest BCUT2D eigenvalue weighted by molar-refractivity contribution is 5.00. The molecule has 7 heavy (non-hydrogen) atoms. The Morgan fingerprint density at radius 2 is 2.57 bits per heavy atom. The predicted octanol–water partition coefficient (Wildman–Crippen LogP) is 0.154. The van der Waals surface area contributed by atoms with Gasteiger partial charge >= 0.3 is 0 Å². The molecule has 0 saturated carbocycles. The van der Waals surface area contributed by atoms with Crippen LogP contribution in [0.15, 0.2) is 12.3 Å². The number of nitrogens with zero attached hydrogens (tertiary/aromatic N) is 1. The van der Waals surface area contributed by atoms with E-state index in [0.717, 1.165) is 6.54 Å². The Morgan fingerprint density at radius 1 is 1.86 bits per heavy atom. The van der Waals surface area contributed by atoms with E-state index < -0.39 is 0 Å². The van der Waals surface area contributed by atoms with Gasteiger partial charge in [-0.3, -0.25) is 0 Å². The molecule has 1 atom stereocenters. The molecule has 0 spiro atoms. The van der Waals surface area contributed by atoms with Gasteiger partial charge in [0, 0.05) is 12.7 Å². The van der Waals surface area contributed by atoms with Crippen LogP contribution in [0.2, 0.25) is 0 Å². The third-order valence-corrected chi connectivity index (χ3v) is 1.15. The lowest BCUT2D eigenvalue weighted by Crippen LogP contribution is -2.35. The van der Waals surface area contributed by atoms with Crippen LogP contribution >= 0.6 is 0 Å². The fourth-order valence-electron chi connectivity index (χ4n) is 0.577. The number of likely N-dealkylation sites (N-methyl/N-ethyl adjacent to an activating group) is 1. The van der Waals surface area contributed by atoms with Gasteiger partial charge in [0.2, 0.25) is 0 Å². The highest BCUT2D eigenvalue weighted by Crippen LogP contribution is 2.07. The Labute approximate surface area is 43.1 Å². The van der Waals surface area contributed by atoms with Gasteiger partial charge in [-0.05, 0) is 13.0 Å². The summed E-state index contributed by atoms with van der Waals surface area (Å²) in [5.74, 6) is 0. The first kappa shape index (κ1) is 4.65. The zero-order valence-electron chi connectivity index (χ0n) is 4.33. The Balaban J connectivity index is 2.33. The van der Waals surface area contributed by atoms with Gasteiger partial charge in [-0.15, -0.1) is 0 Å². The molecule has 0 aromatic carbocycles. The third kappa shape index (κ3) is 0.611. The highest BCUT2D eigenvalue weighted by Gasteiger charge is 2.12. The fraction of sp³-hybridized carbons (Fsp3) is 0.600. The quantitative estimate of drug-likeness (QED) is 0.506. The molecule has 2 nitrogen and oxygen atoms in total. The number of rotatable bonds is 1. The molecule has 1 rings (SSSR count). The molecule has 0 amide bonds. The van der Waals surface area contributed by atoms with E-state index in [0.29, 0.717) is 0 Å². The predicted molar refractivity (Wildman–Crippen MR) is 27.5 cm³/mol. The maximum Gasteiger partial charge on any atom is 0.147 e. The van der Waals surface area contributed by atoms with Crippen LogP contribution in [-0.4, -0.2) is 22.8 Å². The van der Waals surface area contributed by atoms with Crippen LogP contribution in [0.25, 0.3) is 0 Å². The lowest BCUT2D eigenvalue weighted by Gasteiger charge is -2.29. The zero-order chi connectivity index (χ0) is 5.28. The van der Waals surface area contributed by atoms with E-state index in [-0.39, 0.29) is 6.23 Å². The molecule has 0 aromatic heterocycles. The highest BCUT2D eigenvalue weighted by atomic mass is 16.3. The normalized spacial score (nSPS) is 27.7. The molecular formula is C5H9NO. The van der Waals surface area contributed by atoms with Gasteiger partial charge in [0.25, 0.3) is 0 Å². The van der Waals surface area contributed by atoms with E-state index in [1.807, 2.05) is 18.0 Å². The molecule has 0 saturated heterocycles. The van der Waals surface area contributed by atoms with E-state index >= 15 is 0 Å². The first-order valence-corrected chi connectivity index (χ1v) is 2.46. The molecule has 2 heteroatoms. The smallest absolute Gasteiger partial charge is 0.147 e. The van der Waals surface area contributed by atoms with E-state index in [1.54, 1.807) is 6.08 Å². The van der Waals surface area contributed by atoms with Crippen LogP contribution in [0.3, 0.4) is 0 Å². The molecule has 40 valence electrons. The van der Waals surface area contributed by atoms with Crippen molar-refractivity contribution in [3.8, 4) is 0 Å².